The van der Waals surface area contributed by atoms with Crippen LogP contribution in [0.2, 0.25) is 0 Å². The van der Waals surface area contributed by atoms with Crippen LogP contribution in [0.3, 0.4) is 0 Å². The Labute approximate surface area is 83.8 Å². The molecule has 80 valence electrons. The summed E-state index contributed by atoms with van der Waals surface area (Å²) in [5.74, 6) is -0.958. The monoisotopic (exact) mass is 200 g/mol. The zero-order valence-corrected chi connectivity index (χ0v) is 8.36. The van der Waals surface area contributed by atoms with Crippen molar-refractivity contribution < 1.29 is 19.4 Å². The Morgan fingerprint density at radius 3 is 2.79 bits per heavy atom. The number of ether oxygens (including phenoxy) is 2. The highest BCUT2D eigenvalue weighted by atomic mass is 16.7. The molecule has 0 spiro atoms. The molecule has 0 aliphatic rings. The number of carbonyl (C=O) groups is 1. The third-order valence-electron chi connectivity index (χ3n) is 1.57. The van der Waals surface area contributed by atoms with Gasteiger partial charge in [-0.2, -0.15) is 0 Å². The summed E-state index contributed by atoms with van der Waals surface area (Å²) in [5.41, 5.74) is 0.200. The Balaban J connectivity index is 3.42. The first-order valence-corrected chi connectivity index (χ1v) is 4.37. The lowest BCUT2D eigenvalue weighted by molar-refractivity contribution is -0.132. The average Bonchev–Trinajstić information content (AvgIpc) is 2.12. The fourth-order valence-corrected chi connectivity index (χ4v) is 0.817. The van der Waals surface area contributed by atoms with E-state index in [2.05, 4.69) is 13.2 Å². The van der Waals surface area contributed by atoms with E-state index in [0.29, 0.717) is 19.4 Å². The van der Waals surface area contributed by atoms with Gasteiger partial charge in [0.05, 0.1) is 12.9 Å². The SMILES string of the molecule is C=COC(C)OCCCC(=C)C(=O)O. The molecule has 0 aliphatic carbocycles. The minimum atomic E-state index is -0.958. The molecule has 0 heterocycles. The van der Waals surface area contributed by atoms with Gasteiger partial charge in [0, 0.05) is 5.57 Å². The second-order valence-electron chi connectivity index (χ2n) is 2.75. The van der Waals surface area contributed by atoms with Crippen molar-refractivity contribution in [1.82, 2.24) is 0 Å². The molecule has 0 bridgehead atoms. The van der Waals surface area contributed by atoms with Gasteiger partial charge in [0.2, 0.25) is 0 Å². The summed E-state index contributed by atoms with van der Waals surface area (Å²) in [6.07, 6.45) is 2.01. The molecule has 0 aliphatic heterocycles. The minimum Gasteiger partial charge on any atom is -0.478 e. The van der Waals surface area contributed by atoms with Crippen LogP contribution in [0.25, 0.3) is 0 Å². The number of carboxylic acids is 1. The van der Waals surface area contributed by atoms with Gasteiger partial charge in [-0.15, -0.1) is 0 Å². The van der Waals surface area contributed by atoms with Crippen molar-refractivity contribution in [2.75, 3.05) is 6.61 Å². The molecular formula is C10H16O4. The predicted molar refractivity (Wildman–Crippen MR) is 52.7 cm³/mol. The Morgan fingerprint density at radius 1 is 1.64 bits per heavy atom. The van der Waals surface area contributed by atoms with Gasteiger partial charge >= 0.3 is 5.97 Å². The fraction of sp³-hybridized carbons (Fsp3) is 0.500. The van der Waals surface area contributed by atoms with Crippen molar-refractivity contribution in [3.05, 3.63) is 25.0 Å². The third kappa shape index (κ3) is 6.25. The van der Waals surface area contributed by atoms with Crippen LogP contribution in [0.5, 0.6) is 0 Å². The van der Waals surface area contributed by atoms with E-state index in [0.717, 1.165) is 0 Å². The minimum absolute atomic E-state index is 0.200. The third-order valence-corrected chi connectivity index (χ3v) is 1.57. The first kappa shape index (κ1) is 12.7. The van der Waals surface area contributed by atoms with Crippen LogP contribution in [0.4, 0.5) is 0 Å². The molecule has 0 amide bonds. The summed E-state index contributed by atoms with van der Waals surface area (Å²) >= 11 is 0. The molecule has 1 unspecified atom stereocenters. The van der Waals surface area contributed by atoms with Gasteiger partial charge in [-0.3, -0.25) is 0 Å². The van der Waals surface area contributed by atoms with Crippen LogP contribution >= 0.6 is 0 Å². The van der Waals surface area contributed by atoms with Gasteiger partial charge in [-0.1, -0.05) is 13.2 Å². The van der Waals surface area contributed by atoms with Crippen molar-refractivity contribution in [3.8, 4) is 0 Å². The smallest absolute Gasteiger partial charge is 0.330 e. The summed E-state index contributed by atoms with van der Waals surface area (Å²) in [7, 11) is 0. The Kier molecular flexibility index (Phi) is 6.49. The van der Waals surface area contributed by atoms with Gasteiger partial charge in [-0.25, -0.2) is 4.79 Å². The van der Waals surface area contributed by atoms with Gasteiger partial charge < -0.3 is 14.6 Å². The summed E-state index contributed by atoms with van der Waals surface area (Å²) in [4.78, 5) is 10.4. The van der Waals surface area contributed by atoms with Gasteiger partial charge in [-0.05, 0) is 19.8 Å². The first-order valence-electron chi connectivity index (χ1n) is 4.37. The predicted octanol–water partition coefficient (Wildman–Crippen LogP) is 1.93. The van der Waals surface area contributed by atoms with Gasteiger partial charge in [0.1, 0.15) is 0 Å². The second kappa shape index (κ2) is 7.15. The molecule has 1 atom stereocenters. The molecule has 4 heteroatoms. The van der Waals surface area contributed by atoms with Crippen LogP contribution < -0.4 is 0 Å². The van der Waals surface area contributed by atoms with Crippen LogP contribution in [0.1, 0.15) is 19.8 Å². The number of aliphatic carboxylic acids is 1. The van der Waals surface area contributed by atoms with Gasteiger partial charge in [0.15, 0.2) is 6.29 Å². The number of carboxylic acid groups (broad SMARTS) is 1. The molecule has 0 rings (SSSR count). The highest BCUT2D eigenvalue weighted by molar-refractivity contribution is 5.85. The van der Waals surface area contributed by atoms with E-state index in [-0.39, 0.29) is 11.9 Å². The van der Waals surface area contributed by atoms with Crippen molar-refractivity contribution in [2.24, 2.45) is 0 Å². The van der Waals surface area contributed by atoms with E-state index in [9.17, 15) is 4.79 Å². The maximum absolute atomic E-state index is 10.4. The van der Waals surface area contributed by atoms with Crippen LogP contribution in [-0.2, 0) is 14.3 Å². The highest BCUT2D eigenvalue weighted by Gasteiger charge is 2.04. The molecule has 1 N–H and O–H groups in total. The molecule has 0 saturated heterocycles. The molecular weight excluding hydrogens is 184 g/mol. The van der Waals surface area contributed by atoms with E-state index >= 15 is 0 Å². The first-order chi connectivity index (χ1) is 6.57. The number of rotatable bonds is 8. The summed E-state index contributed by atoms with van der Waals surface area (Å²) in [6.45, 7) is 8.98. The Morgan fingerprint density at radius 2 is 2.29 bits per heavy atom. The molecule has 0 aromatic rings. The summed E-state index contributed by atoms with van der Waals surface area (Å²) < 4.78 is 10.1. The topological polar surface area (TPSA) is 55.8 Å². The van der Waals surface area contributed by atoms with Crippen molar-refractivity contribution in [1.29, 1.82) is 0 Å². The zero-order chi connectivity index (χ0) is 11.0. The summed E-state index contributed by atoms with van der Waals surface area (Å²) in [5, 5.41) is 8.50. The van der Waals surface area contributed by atoms with Crippen molar-refractivity contribution >= 4 is 5.97 Å². The highest BCUT2D eigenvalue weighted by Crippen LogP contribution is 2.04. The van der Waals surface area contributed by atoms with Crippen LogP contribution in [-0.4, -0.2) is 24.0 Å². The van der Waals surface area contributed by atoms with Crippen molar-refractivity contribution in [2.45, 2.75) is 26.1 Å². The van der Waals surface area contributed by atoms with E-state index in [1.165, 1.54) is 6.26 Å². The van der Waals surface area contributed by atoms with Crippen molar-refractivity contribution in [3.63, 3.8) is 0 Å². The van der Waals surface area contributed by atoms with E-state index in [1.54, 1.807) is 6.92 Å². The molecule has 0 fully saturated rings. The normalized spacial score (nSPS) is 11.8. The molecule has 0 radical (unpaired) electrons. The van der Waals surface area contributed by atoms with E-state index < -0.39 is 5.97 Å². The van der Waals surface area contributed by atoms with E-state index in [1.807, 2.05) is 0 Å². The second-order valence-corrected chi connectivity index (χ2v) is 2.75. The molecule has 14 heavy (non-hydrogen) atoms. The Hall–Kier alpha value is -1.29. The average molecular weight is 200 g/mol. The lowest BCUT2D eigenvalue weighted by atomic mass is 10.2. The number of hydrogen-bond donors (Lipinski definition) is 1. The molecule has 0 aromatic carbocycles. The Bertz CT molecular complexity index is 210. The quantitative estimate of drug-likeness (QED) is 0.281. The maximum Gasteiger partial charge on any atom is 0.330 e. The lowest BCUT2D eigenvalue weighted by Gasteiger charge is -2.11. The van der Waals surface area contributed by atoms with Crippen LogP contribution in [0, 0.1) is 0 Å². The zero-order valence-electron chi connectivity index (χ0n) is 8.36. The molecule has 0 aromatic heterocycles. The molecule has 4 nitrogen and oxygen atoms in total. The largest absolute Gasteiger partial charge is 0.478 e. The van der Waals surface area contributed by atoms with Crippen LogP contribution in [0.15, 0.2) is 25.0 Å². The number of hydrogen-bond acceptors (Lipinski definition) is 3. The summed E-state index contributed by atoms with van der Waals surface area (Å²) in [6, 6.07) is 0. The standard InChI is InChI=1S/C10H16O4/c1-4-13-9(3)14-7-5-6-8(2)10(11)12/h4,9H,1-2,5-7H2,3H3,(H,11,12). The molecule has 0 saturated carbocycles. The fourth-order valence-electron chi connectivity index (χ4n) is 0.817. The lowest BCUT2D eigenvalue weighted by Crippen LogP contribution is -2.11. The van der Waals surface area contributed by atoms with E-state index in [4.69, 9.17) is 14.6 Å². The maximum atomic E-state index is 10.4. The van der Waals surface area contributed by atoms with Gasteiger partial charge in [0.25, 0.3) is 0 Å².